The summed E-state index contributed by atoms with van der Waals surface area (Å²) in [6, 6.07) is 9.17. The monoisotopic (exact) mass is 288 g/mol. The summed E-state index contributed by atoms with van der Waals surface area (Å²) in [6.07, 6.45) is -0.327. The van der Waals surface area contributed by atoms with Crippen molar-refractivity contribution in [3.8, 4) is 6.07 Å². The quantitative estimate of drug-likeness (QED) is 0.811. The van der Waals surface area contributed by atoms with E-state index in [0.717, 1.165) is 0 Å². The number of ketones is 1. The number of rotatable bonds is 5. The Balaban J connectivity index is 2.27. The average molecular weight is 288 g/mol. The Morgan fingerprint density at radius 1 is 1.43 bits per heavy atom. The van der Waals surface area contributed by atoms with E-state index in [1.165, 1.54) is 0 Å². The molecule has 0 bridgehead atoms. The molecule has 1 saturated heterocycles. The summed E-state index contributed by atoms with van der Waals surface area (Å²) in [4.78, 5) is 25.3. The van der Waals surface area contributed by atoms with E-state index in [-0.39, 0.29) is 18.8 Å². The molecular formula is C15H16N2O4. The Bertz CT molecular complexity index is 553. The Hall–Kier alpha value is -2.23. The first-order valence-electron chi connectivity index (χ1n) is 6.67. The van der Waals surface area contributed by atoms with Crippen LogP contribution in [0.5, 0.6) is 0 Å². The van der Waals surface area contributed by atoms with Gasteiger partial charge in [-0.1, -0.05) is 30.3 Å². The van der Waals surface area contributed by atoms with E-state index in [0.29, 0.717) is 18.7 Å². The summed E-state index contributed by atoms with van der Waals surface area (Å²) >= 11 is 0. The summed E-state index contributed by atoms with van der Waals surface area (Å²) in [5.74, 6) is -1.34. The molecule has 6 nitrogen and oxygen atoms in total. The predicted molar refractivity (Wildman–Crippen MR) is 73.7 cm³/mol. The van der Waals surface area contributed by atoms with Crippen molar-refractivity contribution in [1.29, 1.82) is 5.26 Å². The number of carbonyl (C=O) groups excluding carboxylic acids is 1. The van der Waals surface area contributed by atoms with Crippen LogP contribution in [-0.4, -0.2) is 53.6 Å². The van der Waals surface area contributed by atoms with Crippen molar-refractivity contribution >= 4 is 11.8 Å². The number of morpholine rings is 1. The molecule has 0 radical (unpaired) electrons. The van der Waals surface area contributed by atoms with Crippen LogP contribution in [0, 0.1) is 11.3 Å². The van der Waals surface area contributed by atoms with E-state index >= 15 is 0 Å². The van der Waals surface area contributed by atoms with Crippen molar-refractivity contribution in [1.82, 2.24) is 4.90 Å². The van der Waals surface area contributed by atoms with E-state index < -0.39 is 18.1 Å². The van der Waals surface area contributed by atoms with E-state index in [1.807, 2.05) is 0 Å². The molecule has 2 atom stereocenters. The van der Waals surface area contributed by atoms with E-state index in [4.69, 9.17) is 15.1 Å². The molecule has 1 aromatic rings. The molecule has 1 heterocycles. The highest BCUT2D eigenvalue weighted by molar-refractivity contribution is 6.01. The summed E-state index contributed by atoms with van der Waals surface area (Å²) in [5, 5.41) is 18.2. The largest absolute Gasteiger partial charge is 0.481 e. The molecule has 1 aliphatic rings. The van der Waals surface area contributed by atoms with Gasteiger partial charge in [-0.25, -0.2) is 0 Å². The van der Waals surface area contributed by atoms with Gasteiger partial charge in [0.15, 0.2) is 5.78 Å². The van der Waals surface area contributed by atoms with Crippen LogP contribution in [0.3, 0.4) is 0 Å². The third-order valence-corrected chi connectivity index (χ3v) is 3.45. The molecule has 2 unspecified atom stereocenters. The third kappa shape index (κ3) is 3.66. The van der Waals surface area contributed by atoms with Crippen molar-refractivity contribution in [3.05, 3.63) is 35.9 Å². The van der Waals surface area contributed by atoms with Crippen molar-refractivity contribution < 1.29 is 19.4 Å². The molecule has 0 aromatic heterocycles. The van der Waals surface area contributed by atoms with Crippen molar-refractivity contribution in [3.63, 3.8) is 0 Å². The average Bonchev–Trinajstić information content (AvgIpc) is 2.52. The molecule has 6 heteroatoms. The van der Waals surface area contributed by atoms with Gasteiger partial charge in [-0.2, -0.15) is 5.26 Å². The van der Waals surface area contributed by atoms with Crippen LogP contribution < -0.4 is 0 Å². The number of ether oxygens (including phenoxy) is 1. The molecule has 0 aliphatic carbocycles. The van der Waals surface area contributed by atoms with Crippen LogP contribution in [0.25, 0.3) is 0 Å². The lowest BCUT2D eigenvalue weighted by molar-refractivity contribution is -0.138. The maximum absolute atomic E-state index is 12.6. The molecule has 1 fully saturated rings. The highest BCUT2D eigenvalue weighted by atomic mass is 16.5. The molecule has 110 valence electrons. The highest BCUT2D eigenvalue weighted by Gasteiger charge is 2.35. The third-order valence-electron chi connectivity index (χ3n) is 3.45. The maximum Gasteiger partial charge on any atom is 0.305 e. The summed E-state index contributed by atoms with van der Waals surface area (Å²) < 4.78 is 5.22. The normalized spacial score (nSPS) is 20.4. The van der Waals surface area contributed by atoms with Crippen LogP contribution in [0.15, 0.2) is 30.3 Å². The van der Waals surface area contributed by atoms with Crippen LogP contribution in [0.4, 0.5) is 0 Å². The van der Waals surface area contributed by atoms with Gasteiger partial charge in [-0.05, 0) is 0 Å². The van der Waals surface area contributed by atoms with Crippen LogP contribution >= 0.6 is 0 Å². The van der Waals surface area contributed by atoms with E-state index in [9.17, 15) is 9.59 Å². The van der Waals surface area contributed by atoms with Gasteiger partial charge in [0.25, 0.3) is 0 Å². The fourth-order valence-electron chi connectivity index (χ4n) is 2.42. The van der Waals surface area contributed by atoms with Crippen LogP contribution in [0.1, 0.15) is 16.8 Å². The van der Waals surface area contributed by atoms with Crippen molar-refractivity contribution in [2.24, 2.45) is 0 Å². The highest BCUT2D eigenvalue weighted by Crippen LogP contribution is 2.18. The molecule has 21 heavy (non-hydrogen) atoms. The van der Waals surface area contributed by atoms with Gasteiger partial charge in [-0.3, -0.25) is 14.5 Å². The number of aliphatic carboxylic acids is 1. The first-order chi connectivity index (χ1) is 10.1. The fraction of sp³-hybridized carbons (Fsp3) is 0.400. The van der Waals surface area contributed by atoms with Crippen molar-refractivity contribution in [2.45, 2.75) is 18.5 Å². The van der Waals surface area contributed by atoms with Crippen LogP contribution in [-0.2, 0) is 9.53 Å². The number of benzene rings is 1. The maximum atomic E-state index is 12.6. The molecule has 1 aromatic carbocycles. The zero-order valence-electron chi connectivity index (χ0n) is 11.4. The van der Waals surface area contributed by atoms with E-state index in [1.54, 1.807) is 35.2 Å². The van der Waals surface area contributed by atoms with Gasteiger partial charge in [0, 0.05) is 12.1 Å². The minimum absolute atomic E-state index is 0.189. The second-order valence-electron chi connectivity index (χ2n) is 4.80. The van der Waals surface area contributed by atoms with Gasteiger partial charge in [0.2, 0.25) is 0 Å². The SMILES string of the molecule is N#CC1COCCN1C(CC(=O)O)C(=O)c1ccccc1. The molecule has 0 amide bonds. The second kappa shape index (κ2) is 6.97. The van der Waals surface area contributed by atoms with Gasteiger partial charge >= 0.3 is 5.97 Å². The Morgan fingerprint density at radius 3 is 2.76 bits per heavy atom. The predicted octanol–water partition coefficient (Wildman–Crippen LogP) is 0.937. The number of carbonyl (C=O) groups is 2. The molecule has 0 saturated carbocycles. The molecule has 2 rings (SSSR count). The van der Waals surface area contributed by atoms with E-state index in [2.05, 4.69) is 6.07 Å². The number of carboxylic acids is 1. The number of nitriles is 1. The lowest BCUT2D eigenvalue weighted by Crippen LogP contribution is -2.53. The lowest BCUT2D eigenvalue weighted by atomic mass is 9.98. The number of carboxylic acid groups (broad SMARTS) is 1. The first kappa shape index (κ1) is 15.2. The molecular weight excluding hydrogens is 272 g/mol. The molecule has 1 aliphatic heterocycles. The number of Topliss-reactive ketones (excluding diaryl/α,β-unsaturated/α-hetero) is 1. The van der Waals surface area contributed by atoms with Gasteiger partial charge < -0.3 is 9.84 Å². The zero-order valence-corrected chi connectivity index (χ0v) is 11.4. The van der Waals surface area contributed by atoms with Crippen LogP contribution in [0.2, 0.25) is 0 Å². The van der Waals surface area contributed by atoms with Crippen molar-refractivity contribution in [2.75, 3.05) is 19.8 Å². The van der Waals surface area contributed by atoms with Gasteiger partial charge in [0.1, 0.15) is 6.04 Å². The zero-order chi connectivity index (χ0) is 15.2. The minimum Gasteiger partial charge on any atom is -0.481 e. The smallest absolute Gasteiger partial charge is 0.305 e. The summed E-state index contributed by atoms with van der Waals surface area (Å²) in [5.41, 5.74) is 0.451. The number of hydrogen-bond donors (Lipinski definition) is 1. The summed E-state index contributed by atoms with van der Waals surface area (Å²) in [6.45, 7) is 0.944. The Morgan fingerprint density at radius 2 is 2.14 bits per heavy atom. The number of hydrogen-bond acceptors (Lipinski definition) is 5. The Kier molecular flexibility index (Phi) is 5.04. The Labute approximate surface area is 122 Å². The topological polar surface area (TPSA) is 90.6 Å². The fourth-order valence-corrected chi connectivity index (χ4v) is 2.42. The van der Waals surface area contributed by atoms with Gasteiger partial charge in [0.05, 0.1) is 31.7 Å². The number of nitrogens with zero attached hydrogens (tertiary/aromatic N) is 2. The standard InChI is InChI=1S/C15H16N2O4/c16-9-12-10-21-7-6-17(12)13(8-14(18)19)15(20)11-4-2-1-3-5-11/h1-5,12-13H,6-8,10H2,(H,18,19). The summed E-state index contributed by atoms with van der Waals surface area (Å²) in [7, 11) is 0. The lowest BCUT2D eigenvalue weighted by Gasteiger charge is -2.36. The van der Waals surface area contributed by atoms with Gasteiger partial charge in [-0.15, -0.1) is 0 Å². The minimum atomic E-state index is -1.06. The first-order valence-corrected chi connectivity index (χ1v) is 6.67. The molecule has 1 N–H and O–H groups in total. The molecule has 0 spiro atoms. The second-order valence-corrected chi connectivity index (χ2v) is 4.80.